The highest BCUT2D eigenvalue weighted by atomic mass is 16.5. The van der Waals surface area contributed by atoms with Crippen molar-refractivity contribution in [1.29, 1.82) is 0 Å². The molecule has 2 heterocycles. The van der Waals surface area contributed by atoms with Gasteiger partial charge in [0.25, 0.3) is 0 Å². The van der Waals surface area contributed by atoms with E-state index in [1.807, 2.05) is 36.4 Å². The molecule has 0 atom stereocenters. The van der Waals surface area contributed by atoms with E-state index in [0.29, 0.717) is 0 Å². The van der Waals surface area contributed by atoms with E-state index in [9.17, 15) is 0 Å². The number of nitrogens with zero attached hydrogens (tertiary/aromatic N) is 2. The van der Waals surface area contributed by atoms with Gasteiger partial charge in [-0.15, -0.1) is 0 Å². The minimum absolute atomic E-state index is 0.800. The minimum Gasteiger partial charge on any atom is -0.496 e. The standard InChI is InChI=1S/C15H13N3O/c1-19-14-7-3-2-6-12(14)13-10-17-15(18-13)11-5-4-8-16-9-11/h2-10H,1H3,(H,17,18). The lowest BCUT2D eigenvalue weighted by atomic mass is 10.1. The number of H-pyrrole nitrogens is 1. The van der Waals surface area contributed by atoms with Crippen molar-refractivity contribution < 1.29 is 4.74 Å². The fourth-order valence-electron chi connectivity index (χ4n) is 1.97. The van der Waals surface area contributed by atoms with Crippen LogP contribution in [0.25, 0.3) is 22.6 Å². The van der Waals surface area contributed by atoms with Crippen LogP contribution >= 0.6 is 0 Å². The van der Waals surface area contributed by atoms with Gasteiger partial charge in [0, 0.05) is 23.5 Å². The molecule has 4 nitrogen and oxygen atoms in total. The zero-order chi connectivity index (χ0) is 13.1. The first-order valence-corrected chi connectivity index (χ1v) is 5.97. The number of nitrogens with one attached hydrogen (secondary N) is 1. The molecular formula is C15H13N3O. The van der Waals surface area contributed by atoms with Gasteiger partial charge in [-0.1, -0.05) is 12.1 Å². The van der Waals surface area contributed by atoms with Gasteiger partial charge in [0.05, 0.1) is 19.0 Å². The first-order chi connectivity index (χ1) is 9.38. The summed E-state index contributed by atoms with van der Waals surface area (Å²) in [5, 5.41) is 0. The lowest BCUT2D eigenvalue weighted by Gasteiger charge is -2.05. The molecule has 0 fully saturated rings. The first-order valence-electron chi connectivity index (χ1n) is 5.97. The molecule has 94 valence electrons. The summed E-state index contributed by atoms with van der Waals surface area (Å²) in [7, 11) is 1.66. The van der Waals surface area contributed by atoms with E-state index in [-0.39, 0.29) is 0 Å². The molecule has 0 saturated heterocycles. The molecule has 19 heavy (non-hydrogen) atoms. The van der Waals surface area contributed by atoms with Crippen LogP contribution in [-0.2, 0) is 0 Å². The average molecular weight is 251 g/mol. The zero-order valence-corrected chi connectivity index (χ0v) is 10.5. The number of hydrogen-bond donors (Lipinski definition) is 1. The summed E-state index contributed by atoms with van der Waals surface area (Å²) in [6, 6.07) is 11.7. The number of aromatic amines is 1. The van der Waals surface area contributed by atoms with E-state index in [4.69, 9.17) is 4.74 Å². The number of rotatable bonds is 3. The number of pyridine rings is 1. The van der Waals surface area contributed by atoms with Crippen molar-refractivity contribution in [3.05, 3.63) is 55.0 Å². The highest BCUT2D eigenvalue weighted by Gasteiger charge is 2.09. The highest BCUT2D eigenvalue weighted by Crippen LogP contribution is 2.29. The van der Waals surface area contributed by atoms with E-state index in [1.54, 1.807) is 25.7 Å². The summed E-state index contributed by atoms with van der Waals surface area (Å²) in [6.45, 7) is 0. The monoisotopic (exact) mass is 251 g/mol. The zero-order valence-electron chi connectivity index (χ0n) is 10.5. The number of benzene rings is 1. The van der Waals surface area contributed by atoms with Crippen molar-refractivity contribution in [2.75, 3.05) is 7.11 Å². The second kappa shape index (κ2) is 4.94. The van der Waals surface area contributed by atoms with Gasteiger partial charge >= 0.3 is 0 Å². The molecule has 1 aromatic carbocycles. The Morgan fingerprint density at radius 2 is 1.95 bits per heavy atom. The summed E-state index contributed by atoms with van der Waals surface area (Å²) >= 11 is 0. The largest absolute Gasteiger partial charge is 0.496 e. The molecule has 0 aliphatic carbocycles. The molecule has 3 rings (SSSR count). The molecule has 2 aromatic heterocycles. The predicted molar refractivity (Wildman–Crippen MR) is 73.8 cm³/mol. The van der Waals surface area contributed by atoms with E-state index in [2.05, 4.69) is 15.0 Å². The molecule has 0 spiro atoms. The maximum atomic E-state index is 5.35. The lowest BCUT2D eigenvalue weighted by molar-refractivity contribution is 0.416. The number of aromatic nitrogens is 3. The summed E-state index contributed by atoms with van der Waals surface area (Å²) in [5.74, 6) is 1.62. The van der Waals surface area contributed by atoms with Crippen molar-refractivity contribution in [3.63, 3.8) is 0 Å². The van der Waals surface area contributed by atoms with Crippen molar-refractivity contribution in [3.8, 4) is 28.4 Å². The molecule has 0 saturated carbocycles. The predicted octanol–water partition coefficient (Wildman–Crippen LogP) is 3.15. The molecule has 0 aliphatic rings. The summed E-state index contributed by atoms with van der Waals surface area (Å²) < 4.78 is 5.35. The van der Waals surface area contributed by atoms with Gasteiger partial charge in [-0.2, -0.15) is 0 Å². The Kier molecular flexibility index (Phi) is 2.98. The van der Waals surface area contributed by atoms with Gasteiger partial charge in [0.1, 0.15) is 11.6 Å². The SMILES string of the molecule is COc1ccccc1-c1cnc(-c2cccnc2)[nH]1. The highest BCUT2D eigenvalue weighted by molar-refractivity contribution is 5.69. The van der Waals surface area contributed by atoms with Crippen LogP contribution in [-0.4, -0.2) is 22.1 Å². The second-order valence-electron chi connectivity index (χ2n) is 4.09. The summed E-state index contributed by atoms with van der Waals surface area (Å²) in [6.07, 6.45) is 5.33. The molecule has 0 unspecified atom stereocenters. The number of hydrogen-bond acceptors (Lipinski definition) is 3. The average Bonchev–Trinajstić information content (AvgIpc) is 2.98. The molecule has 0 amide bonds. The van der Waals surface area contributed by atoms with Gasteiger partial charge in [0.2, 0.25) is 0 Å². The fraction of sp³-hybridized carbons (Fsp3) is 0.0667. The minimum atomic E-state index is 0.800. The van der Waals surface area contributed by atoms with Crippen LogP contribution in [0, 0.1) is 0 Å². The summed E-state index contributed by atoms with van der Waals surface area (Å²) in [5.41, 5.74) is 2.88. The van der Waals surface area contributed by atoms with Crippen LogP contribution in [0.3, 0.4) is 0 Å². The Labute approximate surface area is 111 Å². The smallest absolute Gasteiger partial charge is 0.139 e. The molecule has 3 aromatic rings. The van der Waals surface area contributed by atoms with Crippen molar-refractivity contribution >= 4 is 0 Å². The number of methoxy groups -OCH3 is 1. The van der Waals surface area contributed by atoms with Crippen LogP contribution < -0.4 is 4.74 Å². The van der Waals surface area contributed by atoms with Crippen molar-refractivity contribution in [2.24, 2.45) is 0 Å². The maximum absolute atomic E-state index is 5.35. The lowest BCUT2D eigenvalue weighted by Crippen LogP contribution is -1.87. The van der Waals surface area contributed by atoms with Gasteiger partial charge < -0.3 is 9.72 Å². The van der Waals surface area contributed by atoms with Crippen LogP contribution in [0.1, 0.15) is 0 Å². The molecule has 4 heteroatoms. The van der Waals surface area contributed by atoms with Crippen LogP contribution in [0.5, 0.6) is 5.75 Å². The van der Waals surface area contributed by atoms with Crippen molar-refractivity contribution in [1.82, 2.24) is 15.0 Å². The van der Waals surface area contributed by atoms with E-state index >= 15 is 0 Å². The normalized spacial score (nSPS) is 10.4. The maximum Gasteiger partial charge on any atom is 0.139 e. The molecular weight excluding hydrogens is 238 g/mol. The van der Waals surface area contributed by atoms with Crippen molar-refractivity contribution in [2.45, 2.75) is 0 Å². The Morgan fingerprint density at radius 1 is 1.05 bits per heavy atom. The second-order valence-corrected chi connectivity index (χ2v) is 4.09. The third kappa shape index (κ3) is 2.20. The summed E-state index contributed by atoms with van der Waals surface area (Å²) in [4.78, 5) is 11.8. The van der Waals surface area contributed by atoms with Crippen LogP contribution in [0.2, 0.25) is 0 Å². The topological polar surface area (TPSA) is 50.8 Å². The Balaban J connectivity index is 2.02. The Bertz CT molecular complexity index is 677. The quantitative estimate of drug-likeness (QED) is 0.778. The van der Waals surface area contributed by atoms with Gasteiger partial charge in [-0.3, -0.25) is 4.98 Å². The Hall–Kier alpha value is -2.62. The van der Waals surface area contributed by atoms with E-state index < -0.39 is 0 Å². The van der Waals surface area contributed by atoms with E-state index in [1.165, 1.54) is 0 Å². The van der Waals surface area contributed by atoms with E-state index in [0.717, 1.165) is 28.4 Å². The third-order valence-electron chi connectivity index (χ3n) is 2.91. The molecule has 0 bridgehead atoms. The van der Waals surface area contributed by atoms with Gasteiger partial charge in [0.15, 0.2) is 0 Å². The van der Waals surface area contributed by atoms with Crippen LogP contribution in [0.15, 0.2) is 55.0 Å². The van der Waals surface area contributed by atoms with Crippen LogP contribution in [0.4, 0.5) is 0 Å². The molecule has 0 aliphatic heterocycles. The number of ether oxygens (including phenoxy) is 1. The number of imidazole rings is 1. The number of para-hydroxylation sites is 1. The Morgan fingerprint density at radius 3 is 2.74 bits per heavy atom. The van der Waals surface area contributed by atoms with Gasteiger partial charge in [-0.25, -0.2) is 4.98 Å². The molecule has 0 radical (unpaired) electrons. The first kappa shape index (κ1) is 11.5. The third-order valence-corrected chi connectivity index (χ3v) is 2.91. The fourth-order valence-corrected chi connectivity index (χ4v) is 1.97. The molecule has 1 N–H and O–H groups in total. The van der Waals surface area contributed by atoms with Gasteiger partial charge in [-0.05, 0) is 24.3 Å².